The lowest BCUT2D eigenvalue weighted by molar-refractivity contribution is -0.384. The SMILES string of the molecule is Cc1nn(C)c2sc(C(=O)Oc3ccc([N+](=O)[O-])cc3)cc12. The second-order valence-corrected chi connectivity index (χ2v) is 5.71. The standard InChI is InChI=1S/C14H11N3O4S/c1-8-11-7-12(22-13(11)16(2)15-8)14(18)21-10-5-3-9(4-6-10)17(19)20/h3-7H,1-2H3. The van der Waals surface area contributed by atoms with Gasteiger partial charge in [-0.15, -0.1) is 11.3 Å². The minimum Gasteiger partial charge on any atom is -0.422 e. The molecule has 1 aromatic carbocycles. The molecule has 0 aliphatic heterocycles. The monoisotopic (exact) mass is 317 g/mol. The van der Waals surface area contributed by atoms with Crippen molar-refractivity contribution in [2.75, 3.05) is 0 Å². The predicted octanol–water partition coefficient (Wildman–Crippen LogP) is 3.07. The van der Waals surface area contributed by atoms with Crippen molar-refractivity contribution in [3.8, 4) is 5.75 Å². The molecule has 0 unspecified atom stereocenters. The number of non-ortho nitro benzene ring substituents is 1. The first kappa shape index (κ1) is 14.2. The Morgan fingerprint density at radius 2 is 2.05 bits per heavy atom. The van der Waals surface area contributed by atoms with Crippen molar-refractivity contribution < 1.29 is 14.5 Å². The number of hydrogen-bond acceptors (Lipinski definition) is 6. The van der Waals surface area contributed by atoms with Crippen molar-refractivity contribution in [3.05, 3.63) is 51.0 Å². The smallest absolute Gasteiger partial charge is 0.353 e. The highest BCUT2D eigenvalue weighted by molar-refractivity contribution is 7.20. The summed E-state index contributed by atoms with van der Waals surface area (Å²) in [5.74, 6) is -0.225. The molecule has 0 aliphatic rings. The number of benzene rings is 1. The molecule has 0 saturated carbocycles. The zero-order valence-corrected chi connectivity index (χ0v) is 12.6. The molecule has 0 amide bonds. The predicted molar refractivity (Wildman–Crippen MR) is 81.4 cm³/mol. The minimum absolute atomic E-state index is 0.0524. The third-order valence-electron chi connectivity index (χ3n) is 3.16. The summed E-state index contributed by atoms with van der Waals surface area (Å²) in [5.41, 5.74) is 0.798. The second kappa shape index (κ2) is 5.23. The molecule has 22 heavy (non-hydrogen) atoms. The van der Waals surface area contributed by atoms with Crippen molar-refractivity contribution >= 4 is 33.2 Å². The van der Waals surface area contributed by atoms with Gasteiger partial charge in [0, 0.05) is 24.6 Å². The second-order valence-electron chi connectivity index (χ2n) is 4.68. The Labute approximate surface area is 128 Å². The first-order valence-corrected chi connectivity index (χ1v) is 7.17. The zero-order chi connectivity index (χ0) is 15.9. The summed E-state index contributed by atoms with van der Waals surface area (Å²) in [4.78, 5) is 23.6. The number of nitrogens with zero attached hydrogens (tertiary/aromatic N) is 3. The molecule has 3 rings (SSSR count). The van der Waals surface area contributed by atoms with Gasteiger partial charge >= 0.3 is 5.97 Å². The Morgan fingerprint density at radius 3 is 2.64 bits per heavy atom. The maximum absolute atomic E-state index is 12.1. The maximum atomic E-state index is 12.1. The van der Waals surface area contributed by atoms with Crippen LogP contribution in [0, 0.1) is 17.0 Å². The quantitative estimate of drug-likeness (QED) is 0.320. The zero-order valence-electron chi connectivity index (χ0n) is 11.8. The Kier molecular flexibility index (Phi) is 3.38. The van der Waals surface area contributed by atoms with Crippen LogP contribution in [-0.2, 0) is 7.05 Å². The van der Waals surface area contributed by atoms with Gasteiger partial charge in [0.25, 0.3) is 5.69 Å². The number of nitro groups is 1. The number of esters is 1. The van der Waals surface area contributed by atoms with Crippen LogP contribution in [0.1, 0.15) is 15.4 Å². The van der Waals surface area contributed by atoms with Gasteiger partial charge in [-0.2, -0.15) is 5.10 Å². The number of aromatic nitrogens is 2. The average molecular weight is 317 g/mol. The van der Waals surface area contributed by atoms with E-state index in [9.17, 15) is 14.9 Å². The van der Waals surface area contributed by atoms with E-state index in [1.165, 1.54) is 35.6 Å². The Morgan fingerprint density at radius 1 is 1.36 bits per heavy atom. The van der Waals surface area contributed by atoms with Crippen LogP contribution in [0.4, 0.5) is 5.69 Å². The van der Waals surface area contributed by atoms with Gasteiger partial charge in [0.1, 0.15) is 15.5 Å². The lowest BCUT2D eigenvalue weighted by Crippen LogP contribution is -2.06. The van der Waals surface area contributed by atoms with E-state index in [1.807, 2.05) is 14.0 Å². The van der Waals surface area contributed by atoms with Crippen LogP contribution in [0.15, 0.2) is 30.3 Å². The summed E-state index contributed by atoms with van der Waals surface area (Å²) in [7, 11) is 1.82. The lowest BCUT2D eigenvalue weighted by atomic mass is 10.3. The van der Waals surface area contributed by atoms with Crippen LogP contribution < -0.4 is 4.74 Å². The van der Waals surface area contributed by atoms with Gasteiger partial charge in [-0.1, -0.05) is 0 Å². The summed E-state index contributed by atoms with van der Waals surface area (Å²) < 4.78 is 6.95. The van der Waals surface area contributed by atoms with Gasteiger partial charge in [-0.25, -0.2) is 4.79 Å². The van der Waals surface area contributed by atoms with Gasteiger partial charge in [0.05, 0.1) is 10.6 Å². The molecule has 0 spiro atoms. The molecule has 112 valence electrons. The van der Waals surface area contributed by atoms with E-state index in [4.69, 9.17) is 4.74 Å². The third-order valence-corrected chi connectivity index (χ3v) is 4.34. The minimum atomic E-state index is -0.507. The number of nitro benzene ring substituents is 1. The fraction of sp³-hybridized carbons (Fsp3) is 0.143. The van der Waals surface area contributed by atoms with E-state index in [0.717, 1.165) is 15.9 Å². The van der Waals surface area contributed by atoms with Gasteiger partial charge < -0.3 is 4.74 Å². The van der Waals surface area contributed by atoms with Gasteiger partial charge in [-0.3, -0.25) is 14.8 Å². The van der Waals surface area contributed by atoms with Crippen molar-refractivity contribution in [3.63, 3.8) is 0 Å². The van der Waals surface area contributed by atoms with Crippen molar-refractivity contribution in [1.29, 1.82) is 0 Å². The molecule has 2 heterocycles. The molecule has 0 bridgehead atoms. The van der Waals surface area contributed by atoms with Crippen LogP contribution in [-0.4, -0.2) is 20.7 Å². The third kappa shape index (κ3) is 2.44. The molecule has 3 aromatic rings. The summed E-state index contributed by atoms with van der Waals surface area (Å²) >= 11 is 1.30. The molecule has 8 heteroatoms. The summed E-state index contributed by atoms with van der Waals surface area (Å²) in [6, 6.07) is 7.13. The average Bonchev–Trinajstić information content (AvgIpc) is 3.02. The van der Waals surface area contributed by atoms with Crippen molar-refractivity contribution in [1.82, 2.24) is 9.78 Å². The van der Waals surface area contributed by atoms with Crippen LogP contribution in [0.25, 0.3) is 10.2 Å². The molecular weight excluding hydrogens is 306 g/mol. The summed E-state index contributed by atoms with van der Waals surface area (Å²) in [6.07, 6.45) is 0. The Hall–Kier alpha value is -2.74. The van der Waals surface area contributed by atoms with E-state index < -0.39 is 10.9 Å². The normalized spacial score (nSPS) is 10.8. The Balaban J connectivity index is 1.83. The molecule has 2 aromatic heterocycles. The summed E-state index contributed by atoms with van der Waals surface area (Å²) in [6.45, 7) is 1.88. The van der Waals surface area contributed by atoms with E-state index in [0.29, 0.717) is 4.88 Å². The number of fused-ring (bicyclic) bond motifs is 1. The molecule has 0 atom stereocenters. The topological polar surface area (TPSA) is 87.3 Å². The molecule has 7 nitrogen and oxygen atoms in total. The number of ether oxygens (including phenoxy) is 1. The van der Waals surface area contributed by atoms with Gasteiger partial charge in [0.15, 0.2) is 0 Å². The number of carbonyl (C=O) groups excluding carboxylic acids is 1. The molecule has 0 N–H and O–H groups in total. The molecule has 0 saturated heterocycles. The van der Waals surface area contributed by atoms with Gasteiger partial charge in [0.2, 0.25) is 0 Å². The van der Waals surface area contributed by atoms with Gasteiger partial charge in [-0.05, 0) is 25.1 Å². The largest absolute Gasteiger partial charge is 0.422 e. The van der Waals surface area contributed by atoms with E-state index in [1.54, 1.807) is 10.7 Å². The fourth-order valence-corrected chi connectivity index (χ4v) is 3.10. The van der Waals surface area contributed by atoms with Crippen LogP contribution in [0.3, 0.4) is 0 Å². The number of rotatable bonds is 3. The number of carbonyl (C=O) groups is 1. The highest BCUT2D eigenvalue weighted by atomic mass is 32.1. The summed E-state index contributed by atoms with van der Waals surface area (Å²) in [5, 5.41) is 15.8. The van der Waals surface area contributed by atoms with Crippen molar-refractivity contribution in [2.24, 2.45) is 7.05 Å². The molecule has 0 radical (unpaired) electrons. The van der Waals surface area contributed by atoms with Crippen LogP contribution in [0.5, 0.6) is 5.75 Å². The Bertz CT molecular complexity index is 845. The molecule has 0 fully saturated rings. The van der Waals surface area contributed by atoms with Crippen molar-refractivity contribution in [2.45, 2.75) is 6.92 Å². The lowest BCUT2D eigenvalue weighted by Gasteiger charge is -2.01. The highest BCUT2D eigenvalue weighted by Crippen LogP contribution is 2.28. The van der Waals surface area contributed by atoms with Crippen LogP contribution >= 0.6 is 11.3 Å². The first-order valence-electron chi connectivity index (χ1n) is 6.35. The van der Waals surface area contributed by atoms with E-state index in [2.05, 4.69) is 5.10 Å². The number of aryl methyl sites for hydroxylation is 2. The number of thiophene rings is 1. The van der Waals surface area contributed by atoms with E-state index in [-0.39, 0.29) is 11.4 Å². The maximum Gasteiger partial charge on any atom is 0.353 e. The van der Waals surface area contributed by atoms with Crippen LogP contribution in [0.2, 0.25) is 0 Å². The molecular formula is C14H11N3O4S. The molecule has 0 aliphatic carbocycles. The first-order chi connectivity index (χ1) is 10.5. The highest BCUT2D eigenvalue weighted by Gasteiger charge is 2.17. The number of hydrogen-bond donors (Lipinski definition) is 0. The van der Waals surface area contributed by atoms with E-state index >= 15 is 0 Å². The fourth-order valence-electron chi connectivity index (χ4n) is 2.10.